The molecule has 0 aliphatic carbocycles. The van der Waals surface area contributed by atoms with Gasteiger partial charge in [-0.3, -0.25) is 9.36 Å². The normalized spacial score (nSPS) is 12.7. The van der Waals surface area contributed by atoms with Gasteiger partial charge in [-0.25, -0.2) is 13.1 Å². The maximum Gasteiger partial charge on any atom is 0.308 e. The van der Waals surface area contributed by atoms with Crippen molar-refractivity contribution in [3.8, 4) is 5.75 Å². The monoisotopic (exact) mass is 488 g/mol. The predicted octanol–water partition coefficient (Wildman–Crippen LogP) is 4.81. The average molecular weight is 489 g/mol. The highest BCUT2D eigenvalue weighted by atomic mass is 35.5. The fraction of sp³-hybridized carbons (Fsp3) is 0.174. The quantitative estimate of drug-likeness (QED) is 0.405. The van der Waals surface area contributed by atoms with Crippen molar-refractivity contribution in [3.05, 3.63) is 92.5 Å². The summed E-state index contributed by atoms with van der Waals surface area (Å²) in [5.41, 5.74) is 2.21. The molecule has 1 aromatic heterocycles. The van der Waals surface area contributed by atoms with Crippen molar-refractivity contribution >= 4 is 43.2 Å². The summed E-state index contributed by atoms with van der Waals surface area (Å²) in [6, 6.07) is 18.8. The number of para-hydroxylation sites is 1. The molecule has 0 unspecified atom stereocenters. The summed E-state index contributed by atoms with van der Waals surface area (Å²) in [7, 11) is -2.28. The number of fused-ring (bicyclic) bond motifs is 1. The zero-order valence-electron chi connectivity index (χ0n) is 17.4. The van der Waals surface area contributed by atoms with Crippen LogP contribution in [0.25, 0.3) is 10.2 Å². The summed E-state index contributed by atoms with van der Waals surface area (Å²) in [5, 5.41) is 0.576. The van der Waals surface area contributed by atoms with Crippen LogP contribution in [0.15, 0.2) is 76.4 Å². The van der Waals surface area contributed by atoms with Crippen LogP contribution in [0.3, 0.4) is 0 Å². The number of hydrogen-bond donors (Lipinski definition) is 1. The third-order valence-corrected chi connectivity index (χ3v) is 8.02. The highest BCUT2D eigenvalue weighted by molar-refractivity contribution is 7.89. The standard InChI is InChI=1S/C23H21ClN2O4S2/c1-15(18-8-4-6-10-21(18)30-2)25-32(28,29)17-11-12-20-22(13-17)31-23(27)26(20)14-16-7-3-5-9-19(16)24/h3-13,15,25H,14H2,1-2H3/t15-/m1/s1. The van der Waals surface area contributed by atoms with Crippen molar-refractivity contribution in [1.82, 2.24) is 9.29 Å². The van der Waals surface area contributed by atoms with Crippen molar-refractivity contribution in [3.63, 3.8) is 0 Å². The Morgan fingerprint density at radius 2 is 1.81 bits per heavy atom. The van der Waals surface area contributed by atoms with Crippen molar-refractivity contribution in [2.45, 2.75) is 24.4 Å². The van der Waals surface area contributed by atoms with Crippen molar-refractivity contribution < 1.29 is 13.2 Å². The van der Waals surface area contributed by atoms with Gasteiger partial charge in [0.05, 0.1) is 28.8 Å². The highest BCUT2D eigenvalue weighted by Crippen LogP contribution is 2.28. The molecule has 0 radical (unpaired) electrons. The number of benzene rings is 3. The first kappa shape index (κ1) is 22.5. The van der Waals surface area contributed by atoms with Crippen LogP contribution in [0.4, 0.5) is 0 Å². The fourth-order valence-electron chi connectivity index (χ4n) is 3.55. The minimum absolute atomic E-state index is 0.0953. The summed E-state index contributed by atoms with van der Waals surface area (Å²) < 4.78 is 36.3. The lowest BCUT2D eigenvalue weighted by molar-refractivity contribution is 0.405. The second-order valence-corrected chi connectivity index (χ2v) is 10.4. The summed E-state index contributed by atoms with van der Waals surface area (Å²) in [6.07, 6.45) is 0. The van der Waals surface area contributed by atoms with Gasteiger partial charge >= 0.3 is 4.87 Å². The molecule has 1 atom stereocenters. The molecule has 32 heavy (non-hydrogen) atoms. The summed E-state index contributed by atoms with van der Waals surface area (Å²) in [6.45, 7) is 2.07. The van der Waals surface area contributed by atoms with E-state index in [9.17, 15) is 13.2 Å². The Morgan fingerprint density at radius 1 is 1.09 bits per heavy atom. The Bertz CT molecular complexity index is 1440. The fourth-order valence-corrected chi connectivity index (χ4v) is 6.00. The van der Waals surface area contributed by atoms with Crippen molar-refractivity contribution in [1.29, 1.82) is 0 Å². The van der Waals surface area contributed by atoms with Crippen molar-refractivity contribution in [2.24, 2.45) is 0 Å². The predicted molar refractivity (Wildman–Crippen MR) is 128 cm³/mol. The summed E-state index contributed by atoms with van der Waals surface area (Å²) in [5.74, 6) is 0.605. The van der Waals surface area contributed by atoms with E-state index in [1.165, 1.54) is 12.1 Å². The van der Waals surface area contributed by atoms with Crippen LogP contribution in [0.2, 0.25) is 5.02 Å². The lowest BCUT2D eigenvalue weighted by atomic mass is 10.1. The Labute approximate surface area is 195 Å². The number of halogens is 1. The molecule has 0 saturated carbocycles. The van der Waals surface area contributed by atoms with Crippen molar-refractivity contribution in [2.75, 3.05) is 7.11 Å². The molecule has 0 saturated heterocycles. The van der Waals surface area contributed by atoms with E-state index >= 15 is 0 Å². The van der Waals surface area contributed by atoms with E-state index < -0.39 is 16.1 Å². The van der Waals surface area contributed by atoms with E-state index in [4.69, 9.17) is 16.3 Å². The number of sulfonamides is 1. The number of thiazole rings is 1. The van der Waals surface area contributed by atoms with Gasteiger partial charge in [-0.15, -0.1) is 0 Å². The van der Waals surface area contributed by atoms with E-state index in [1.54, 1.807) is 36.8 Å². The largest absolute Gasteiger partial charge is 0.496 e. The number of aromatic nitrogens is 1. The van der Waals surface area contributed by atoms with E-state index in [1.807, 2.05) is 36.4 Å². The molecule has 4 rings (SSSR count). The van der Waals surface area contributed by atoms with E-state index in [-0.39, 0.29) is 9.77 Å². The topological polar surface area (TPSA) is 77.4 Å². The first-order valence-corrected chi connectivity index (χ1v) is 12.5. The molecule has 0 spiro atoms. The van der Waals surface area contributed by atoms with Crippen LogP contribution < -0.4 is 14.3 Å². The molecule has 0 aliphatic heterocycles. The minimum Gasteiger partial charge on any atom is -0.496 e. The van der Waals surface area contributed by atoms with Crippen LogP contribution in [0.1, 0.15) is 24.1 Å². The van der Waals surface area contributed by atoms with Gasteiger partial charge in [-0.05, 0) is 42.8 Å². The molecule has 9 heteroatoms. The van der Waals surface area contributed by atoms with Gasteiger partial charge in [-0.2, -0.15) is 0 Å². The molecule has 0 amide bonds. The van der Waals surface area contributed by atoms with E-state index in [0.29, 0.717) is 27.5 Å². The third kappa shape index (κ3) is 4.45. The van der Waals surface area contributed by atoms with E-state index in [0.717, 1.165) is 22.5 Å². The molecular formula is C23H21ClN2O4S2. The first-order valence-electron chi connectivity index (χ1n) is 9.82. The molecule has 166 valence electrons. The summed E-state index contributed by atoms with van der Waals surface area (Å²) in [4.78, 5) is 12.5. The molecule has 3 aromatic carbocycles. The van der Waals surface area contributed by atoms with Gasteiger partial charge in [-0.1, -0.05) is 59.3 Å². The van der Waals surface area contributed by atoms with Crippen LogP contribution in [0, 0.1) is 0 Å². The third-order valence-electron chi connectivity index (χ3n) is 5.17. The summed E-state index contributed by atoms with van der Waals surface area (Å²) >= 11 is 7.25. The van der Waals surface area contributed by atoms with Gasteiger partial charge in [0.1, 0.15) is 5.75 Å². The smallest absolute Gasteiger partial charge is 0.308 e. The van der Waals surface area contributed by atoms with Gasteiger partial charge in [0.25, 0.3) is 0 Å². The number of methoxy groups -OCH3 is 1. The van der Waals surface area contributed by atoms with Crippen LogP contribution in [-0.4, -0.2) is 20.1 Å². The van der Waals surface area contributed by atoms with Crippen LogP contribution in [-0.2, 0) is 16.6 Å². The molecular weight excluding hydrogens is 468 g/mol. The minimum atomic E-state index is -3.82. The second kappa shape index (κ2) is 9.07. The van der Waals surface area contributed by atoms with Gasteiger partial charge in [0, 0.05) is 16.6 Å². The molecule has 1 N–H and O–H groups in total. The second-order valence-electron chi connectivity index (χ2n) is 7.26. The Hall–Kier alpha value is -2.65. The Morgan fingerprint density at radius 3 is 2.56 bits per heavy atom. The van der Waals surface area contributed by atoms with Gasteiger partial charge < -0.3 is 4.74 Å². The lowest BCUT2D eigenvalue weighted by Crippen LogP contribution is -2.27. The van der Waals surface area contributed by atoms with E-state index in [2.05, 4.69) is 4.72 Å². The number of rotatable bonds is 7. The number of nitrogens with zero attached hydrogens (tertiary/aromatic N) is 1. The molecule has 4 aromatic rings. The zero-order chi connectivity index (χ0) is 22.9. The SMILES string of the molecule is COc1ccccc1[C@@H](C)NS(=O)(=O)c1ccc2c(c1)sc(=O)n2Cc1ccccc1Cl. The molecule has 0 fully saturated rings. The maximum atomic E-state index is 13.0. The van der Waals surface area contributed by atoms with Crippen LogP contribution >= 0.6 is 22.9 Å². The number of nitrogens with one attached hydrogen (secondary N) is 1. The Kier molecular flexibility index (Phi) is 6.39. The maximum absolute atomic E-state index is 13.0. The van der Waals surface area contributed by atoms with Gasteiger partial charge in [0.2, 0.25) is 10.0 Å². The lowest BCUT2D eigenvalue weighted by Gasteiger charge is -2.17. The number of hydrogen-bond acceptors (Lipinski definition) is 5. The van der Waals surface area contributed by atoms with Crippen LogP contribution in [0.5, 0.6) is 5.75 Å². The number of ether oxygens (including phenoxy) is 1. The Balaban J connectivity index is 1.65. The average Bonchev–Trinajstić information content (AvgIpc) is 3.09. The zero-order valence-corrected chi connectivity index (χ0v) is 19.8. The molecule has 0 aliphatic rings. The van der Waals surface area contributed by atoms with Gasteiger partial charge in [0.15, 0.2) is 0 Å². The molecule has 1 heterocycles. The first-order chi connectivity index (χ1) is 15.3. The molecule has 6 nitrogen and oxygen atoms in total. The molecule has 0 bridgehead atoms. The highest BCUT2D eigenvalue weighted by Gasteiger charge is 2.22.